The molecule has 2 heterocycles. The van der Waals surface area contributed by atoms with Gasteiger partial charge in [0.05, 0.1) is 5.60 Å². The van der Waals surface area contributed by atoms with Gasteiger partial charge in [-0.2, -0.15) is 0 Å². The van der Waals surface area contributed by atoms with E-state index < -0.39 is 5.60 Å². The number of aromatic nitrogens is 1. The fraction of sp³-hybridized carbons (Fsp3) is 0.538. The van der Waals surface area contributed by atoms with Crippen molar-refractivity contribution < 1.29 is 9.90 Å². The van der Waals surface area contributed by atoms with E-state index in [-0.39, 0.29) is 5.91 Å². The van der Waals surface area contributed by atoms with E-state index >= 15 is 0 Å². The predicted octanol–water partition coefficient (Wildman–Crippen LogP) is 0.959. The highest BCUT2D eigenvalue weighted by atomic mass is 16.3. The molecule has 0 radical (unpaired) electrons. The number of rotatable bonds is 1. The highest BCUT2D eigenvalue weighted by Crippen LogP contribution is 2.22. The largest absolute Gasteiger partial charge is 0.388 e. The van der Waals surface area contributed by atoms with Gasteiger partial charge < -0.3 is 15.7 Å². The first-order chi connectivity index (χ1) is 8.37. The molecule has 5 nitrogen and oxygen atoms in total. The monoisotopic (exact) mass is 249 g/mol. The lowest BCUT2D eigenvalue weighted by molar-refractivity contribution is -0.0107. The van der Waals surface area contributed by atoms with Gasteiger partial charge in [-0.05, 0) is 38.8 Å². The molecular formula is C13H19N3O2. The van der Waals surface area contributed by atoms with E-state index in [9.17, 15) is 9.90 Å². The summed E-state index contributed by atoms with van der Waals surface area (Å²) in [5, 5.41) is 10.0. The molecule has 1 fully saturated rings. The zero-order valence-corrected chi connectivity index (χ0v) is 10.8. The van der Waals surface area contributed by atoms with E-state index in [0.717, 1.165) is 18.5 Å². The van der Waals surface area contributed by atoms with Crippen LogP contribution in [0, 0.1) is 6.92 Å². The smallest absolute Gasteiger partial charge is 0.254 e. The summed E-state index contributed by atoms with van der Waals surface area (Å²) < 4.78 is 0. The van der Waals surface area contributed by atoms with E-state index in [2.05, 4.69) is 4.98 Å². The zero-order valence-electron chi connectivity index (χ0n) is 10.8. The molecule has 98 valence electrons. The van der Waals surface area contributed by atoms with Gasteiger partial charge in [-0.3, -0.25) is 4.79 Å². The van der Waals surface area contributed by atoms with Crippen LogP contribution in [0.3, 0.4) is 0 Å². The molecule has 0 spiro atoms. The summed E-state index contributed by atoms with van der Waals surface area (Å²) >= 11 is 0. The molecule has 1 atom stereocenters. The fourth-order valence-corrected chi connectivity index (χ4v) is 2.39. The summed E-state index contributed by atoms with van der Waals surface area (Å²) in [6.45, 7) is 4.61. The summed E-state index contributed by atoms with van der Waals surface area (Å²) in [5.74, 6) is 0.259. The van der Waals surface area contributed by atoms with Gasteiger partial charge in [-0.1, -0.05) is 0 Å². The number of hydrogen-bond donors (Lipinski definition) is 2. The van der Waals surface area contributed by atoms with Crippen molar-refractivity contribution in [3.63, 3.8) is 0 Å². The summed E-state index contributed by atoms with van der Waals surface area (Å²) in [5.41, 5.74) is 6.12. The molecule has 5 heteroatoms. The van der Waals surface area contributed by atoms with Crippen LogP contribution in [0.2, 0.25) is 0 Å². The van der Waals surface area contributed by atoms with Gasteiger partial charge in [0, 0.05) is 24.3 Å². The number of amides is 1. The number of nitrogen functional groups attached to an aromatic ring is 1. The number of β-amino-alcohol motifs (C(OH)–C–C–N with tert-alkyl or cyclic N) is 1. The first-order valence-electron chi connectivity index (χ1n) is 6.13. The van der Waals surface area contributed by atoms with E-state index in [0.29, 0.717) is 24.5 Å². The Hall–Kier alpha value is -1.62. The summed E-state index contributed by atoms with van der Waals surface area (Å²) in [6.07, 6.45) is 1.55. The van der Waals surface area contributed by atoms with E-state index in [1.54, 1.807) is 30.9 Å². The molecule has 0 saturated carbocycles. The highest BCUT2D eigenvalue weighted by Gasteiger charge is 2.31. The molecular weight excluding hydrogens is 230 g/mol. The summed E-state index contributed by atoms with van der Waals surface area (Å²) in [4.78, 5) is 18.0. The molecule has 1 unspecified atom stereocenters. The van der Waals surface area contributed by atoms with Crippen LogP contribution in [0.1, 0.15) is 35.8 Å². The first kappa shape index (κ1) is 12.8. The number of aryl methyl sites for hydroxylation is 1. The minimum atomic E-state index is -0.790. The Labute approximate surface area is 107 Å². The maximum Gasteiger partial charge on any atom is 0.254 e. The minimum Gasteiger partial charge on any atom is -0.388 e. The van der Waals surface area contributed by atoms with Crippen molar-refractivity contribution in [1.82, 2.24) is 9.88 Å². The number of piperidine rings is 1. The second-order valence-corrected chi connectivity index (χ2v) is 5.25. The third kappa shape index (κ3) is 2.79. The van der Waals surface area contributed by atoms with Crippen molar-refractivity contribution in [2.24, 2.45) is 0 Å². The number of nitrogens with two attached hydrogens (primary N) is 1. The number of aliphatic hydroxyl groups is 1. The van der Waals surface area contributed by atoms with Crippen LogP contribution < -0.4 is 5.73 Å². The maximum absolute atomic E-state index is 12.3. The van der Waals surface area contributed by atoms with Gasteiger partial charge in [0.1, 0.15) is 5.82 Å². The Morgan fingerprint density at radius 1 is 1.56 bits per heavy atom. The molecule has 1 aliphatic rings. The van der Waals surface area contributed by atoms with E-state index in [1.165, 1.54) is 0 Å². The quantitative estimate of drug-likeness (QED) is 0.777. The zero-order chi connectivity index (χ0) is 13.3. The van der Waals surface area contributed by atoms with Crippen LogP contribution in [-0.2, 0) is 0 Å². The van der Waals surface area contributed by atoms with Crippen molar-refractivity contribution in [3.8, 4) is 0 Å². The summed E-state index contributed by atoms with van der Waals surface area (Å²) in [7, 11) is 0. The Kier molecular flexibility index (Phi) is 3.26. The van der Waals surface area contributed by atoms with Crippen LogP contribution in [0.15, 0.2) is 12.1 Å². The number of pyridine rings is 1. The lowest BCUT2D eigenvalue weighted by Crippen LogP contribution is -2.48. The van der Waals surface area contributed by atoms with Crippen molar-refractivity contribution in [3.05, 3.63) is 23.4 Å². The molecule has 0 bridgehead atoms. The lowest BCUT2D eigenvalue weighted by Gasteiger charge is -2.36. The second-order valence-electron chi connectivity index (χ2n) is 5.25. The second kappa shape index (κ2) is 4.57. The molecule has 0 aliphatic carbocycles. The summed E-state index contributed by atoms with van der Waals surface area (Å²) in [6, 6.07) is 3.31. The topological polar surface area (TPSA) is 79.5 Å². The van der Waals surface area contributed by atoms with Crippen molar-refractivity contribution >= 4 is 11.7 Å². The number of carbonyl (C=O) groups is 1. The van der Waals surface area contributed by atoms with E-state index in [1.807, 2.05) is 0 Å². The van der Waals surface area contributed by atoms with Gasteiger partial charge in [0.2, 0.25) is 0 Å². The maximum atomic E-state index is 12.3. The number of likely N-dealkylation sites (tertiary alicyclic amines) is 1. The van der Waals surface area contributed by atoms with Crippen LogP contribution in [0.5, 0.6) is 0 Å². The Bertz CT molecular complexity index is 451. The van der Waals surface area contributed by atoms with Crippen LogP contribution in [-0.4, -0.2) is 39.6 Å². The van der Waals surface area contributed by atoms with Crippen molar-refractivity contribution in [1.29, 1.82) is 0 Å². The molecule has 1 aliphatic heterocycles. The predicted molar refractivity (Wildman–Crippen MR) is 69.1 cm³/mol. The van der Waals surface area contributed by atoms with Crippen LogP contribution in [0.4, 0.5) is 5.82 Å². The molecule has 3 N–H and O–H groups in total. The molecule has 1 aromatic heterocycles. The number of hydrogen-bond acceptors (Lipinski definition) is 4. The first-order valence-corrected chi connectivity index (χ1v) is 6.13. The van der Waals surface area contributed by atoms with Gasteiger partial charge >= 0.3 is 0 Å². The standard InChI is InChI=1S/C13H19N3O2/c1-9-6-10(7-11(14)15-9)12(17)16-5-3-4-13(2,18)8-16/h6-7,18H,3-5,8H2,1-2H3,(H2,14,15). The number of anilines is 1. The number of carbonyl (C=O) groups excluding carboxylic acids is 1. The van der Waals surface area contributed by atoms with Gasteiger partial charge in [0.15, 0.2) is 0 Å². The van der Waals surface area contributed by atoms with Crippen molar-refractivity contribution in [2.45, 2.75) is 32.3 Å². The highest BCUT2D eigenvalue weighted by molar-refractivity contribution is 5.95. The minimum absolute atomic E-state index is 0.0906. The average molecular weight is 249 g/mol. The Morgan fingerprint density at radius 2 is 2.28 bits per heavy atom. The Balaban J connectivity index is 2.20. The molecule has 0 aromatic carbocycles. The van der Waals surface area contributed by atoms with Crippen molar-refractivity contribution in [2.75, 3.05) is 18.8 Å². The fourth-order valence-electron chi connectivity index (χ4n) is 2.39. The van der Waals surface area contributed by atoms with E-state index in [4.69, 9.17) is 5.73 Å². The van der Waals surface area contributed by atoms with Gasteiger partial charge in [-0.25, -0.2) is 4.98 Å². The average Bonchev–Trinajstić information content (AvgIpc) is 2.25. The Morgan fingerprint density at radius 3 is 2.89 bits per heavy atom. The van der Waals surface area contributed by atoms with Crippen LogP contribution in [0.25, 0.3) is 0 Å². The lowest BCUT2D eigenvalue weighted by atomic mass is 9.94. The molecule has 1 saturated heterocycles. The molecule has 18 heavy (non-hydrogen) atoms. The van der Waals surface area contributed by atoms with Gasteiger partial charge in [-0.15, -0.1) is 0 Å². The van der Waals surface area contributed by atoms with Crippen LogP contribution >= 0.6 is 0 Å². The molecule has 2 rings (SSSR count). The molecule has 1 amide bonds. The van der Waals surface area contributed by atoms with Gasteiger partial charge in [0.25, 0.3) is 5.91 Å². The third-order valence-corrected chi connectivity index (χ3v) is 3.18. The third-order valence-electron chi connectivity index (χ3n) is 3.18. The normalized spacial score (nSPS) is 24.1. The SMILES string of the molecule is Cc1cc(C(=O)N2CCCC(C)(O)C2)cc(N)n1. The molecule has 1 aromatic rings. The number of nitrogens with zero attached hydrogens (tertiary/aromatic N) is 2.